The maximum Gasteiger partial charge on any atom is 0.307 e. The van der Waals surface area contributed by atoms with Crippen molar-refractivity contribution in [3.05, 3.63) is 35.8 Å². The number of anilines is 4. The fraction of sp³-hybridized carbons (Fsp3) is 0.478. The maximum atomic E-state index is 14.5. The number of nitrogens with zero attached hydrogens (tertiary/aromatic N) is 3. The van der Waals surface area contributed by atoms with E-state index in [1.807, 2.05) is 23.1 Å². The standard InChI is InChI=1S/C23H29FN6O3/c1-2-33-21(32)12-18(25)14-7-9-30(10-8-14)22-17(24)13-26-23(29-22)27-16-4-5-19-15(11-16)3-6-20(31)28-19/h4-5,11,13-14,18H,2-3,6-10,12,25H2,1H3,(H,28,31)(H,26,27,29). The lowest BCUT2D eigenvalue weighted by Crippen LogP contribution is -2.42. The smallest absolute Gasteiger partial charge is 0.307 e. The number of carbonyl (C=O) groups is 2. The number of hydrogen-bond acceptors (Lipinski definition) is 8. The molecule has 1 unspecified atom stereocenters. The van der Waals surface area contributed by atoms with Crippen LogP contribution >= 0.6 is 0 Å². The van der Waals surface area contributed by atoms with Gasteiger partial charge in [0.2, 0.25) is 11.9 Å². The largest absolute Gasteiger partial charge is 0.466 e. The predicted octanol–water partition coefficient (Wildman–Crippen LogP) is 2.74. The summed E-state index contributed by atoms with van der Waals surface area (Å²) in [6.07, 6.45) is 3.96. The molecule has 10 heteroatoms. The molecule has 0 saturated carbocycles. The first-order valence-corrected chi connectivity index (χ1v) is 11.3. The number of piperidine rings is 1. The van der Waals surface area contributed by atoms with Crippen molar-refractivity contribution in [2.75, 3.05) is 35.2 Å². The summed E-state index contributed by atoms with van der Waals surface area (Å²) in [6, 6.07) is 5.33. The molecule has 1 aromatic heterocycles. The van der Waals surface area contributed by atoms with Crippen LogP contribution in [0.5, 0.6) is 0 Å². The summed E-state index contributed by atoms with van der Waals surface area (Å²) in [6.45, 7) is 3.29. The zero-order valence-corrected chi connectivity index (χ0v) is 18.6. The van der Waals surface area contributed by atoms with Crippen molar-refractivity contribution < 1.29 is 18.7 Å². The first-order chi connectivity index (χ1) is 15.9. The molecule has 1 atom stereocenters. The topological polar surface area (TPSA) is 122 Å². The van der Waals surface area contributed by atoms with Crippen LogP contribution in [0.1, 0.15) is 38.2 Å². The molecule has 2 aliphatic heterocycles. The molecule has 1 aromatic carbocycles. The lowest BCUT2D eigenvalue weighted by Gasteiger charge is -2.35. The van der Waals surface area contributed by atoms with Crippen molar-refractivity contribution in [1.29, 1.82) is 0 Å². The number of carbonyl (C=O) groups excluding carboxylic acids is 2. The number of nitrogens with two attached hydrogens (primary N) is 1. The highest BCUT2D eigenvalue weighted by atomic mass is 19.1. The van der Waals surface area contributed by atoms with Crippen LogP contribution in [-0.2, 0) is 20.7 Å². The molecule has 9 nitrogen and oxygen atoms in total. The van der Waals surface area contributed by atoms with Gasteiger partial charge < -0.3 is 26.0 Å². The average molecular weight is 457 g/mol. The third-order valence-corrected chi connectivity index (χ3v) is 6.13. The highest BCUT2D eigenvalue weighted by Crippen LogP contribution is 2.29. The Hall–Kier alpha value is -3.27. The summed E-state index contributed by atoms with van der Waals surface area (Å²) in [7, 11) is 0. The van der Waals surface area contributed by atoms with Gasteiger partial charge in [-0.2, -0.15) is 4.98 Å². The Labute approximate surface area is 191 Å². The van der Waals surface area contributed by atoms with Gasteiger partial charge in [-0.1, -0.05) is 0 Å². The fourth-order valence-corrected chi connectivity index (χ4v) is 4.35. The molecule has 2 aliphatic rings. The van der Waals surface area contributed by atoms with Crippen LogP contribution in [0.3, 0.4) is 0 Å². The van der Waals surface area contributed by atoms with Gasteiger partial charge in [-0.15, -0.1) is 0 Å². The van der Waals surface area contributed by atoms with E-state index in [1.54, 1.807) is 6.92 Å². The first-order valence-electron chi connectivity index (χ1n) is 11.3. The number of esters is 1. The quantitative estimate of drug-likeness (QED) is 0.544. The molecule has 1 saturated heterocycles. The van der Waals surface area contributed by atoms with E-state index in [-0.39, 0.29) is 36.1 Å². The van der Waals surface area contributed by atoms with Gasteiger partial charge in [0.05, 0.1) is 19.2 Å². The van der Waals surface area contributed by atoms with Gasteiger partial charge in [-0.25, -0.2) is 9.37 Å². The Balaban J connectivity index is 1.39. The second-order valence-corrected chi connectivity index (χ2v) is 8.41. The van der Waals surface area contributed by atoms with Gasteiger partial charge in [0, 0.05) is 36.9 Å². The van der Waals surface area contributed by atoms with E-state index in [4.69, 9.17) is 10.5 Å². The molecule has 4 rings (SSSR count). The Morgan fingerprint density at radius 2 is 2.15 bits per heavy atom. The maximum absolute atomic E-state index is 14.5. The molecule has 0 bridgehead atoms. The van der Waals surface area contributed by atoms with Crippen LogP contribution < -0.4 is 21.3 Å². The van der Waals surface area contributed by atoms with Crippen molar-refractivity contribution >= 4 is 35.0 Å². The molecule has 33 heavy (non-hydrogen) atoms. The Morgan fingerprint density at radius 3 is 2.91 bits per heavy atom. The minimum absolute atomic E-state index is 0.0142. The summed E-state index contributed by atoms with van der Waals surface area (Å²) in [5.41, 5.74) is 8.81. The van der Waals surface area contributed by atoms with Crippen molar-refractivity contribution in [3.8, 4) is 0 Å². The predicted molar refractivity (Wildman–Crippen MR) is 123 cm³/mol. The van der Waals surface area contributed by atoms with E-state index in [9.17, 15) is 14.0 Å². The van der Waals surface area contributed by atoms with Gasteiger partial charge in [0.15, 0.2) is 11.6 Å². The number of rotatable bonds is 7. The van der Waals surface area contributed by atoms with Gasteiger partial charge in [-0.05, 0) is 55.9 Å². The Morgan fingerprint density at radius 1 is 1.36 bits per heavy atom. The van der Waals surface area contributed by atoms with Crippen LogP contribution in [0.25, 0.3) is 0 Å². The summed E-state index contributed by atoms with van der Waals surface area (Å²) >= 11 is 0. The lowest BCUT2D eigenvalue weighted by atomic mass is 9.88. The van der Waals surface area contributed by atoms with E-state index in [2.05, 4.69) is 20.6 Å². The second-order valence-electron chi connectivity index (χ2n) is 8.41. The number of amides is 1. The Kier molecular flexibility index (Phi) is 7.02. The van der Waals surface area contributed by atoms with Crippen molar-refractivity contribution in [2.45, 2.75) is 45.1 Å². The SMILES string of the molecule is CCOC(=O)CC(N)C1CCN(c2nc(Nc3ccc4c(c3)CCC(=O)N4)ncc2F)CC1. The van der Waals surface area contributed by atoms with E-state index < -0.39 is 5.82 Å². The molecule has 2 aromatic rings. The Bertz CT molecular complexity index is 1030. The van der Waals surface area contributed by atoms with Crippen LogP contribution in [0.2, 0.25) is 0 Å². The van der Waals surface area contributed by atoms with Crippen molar-refractivity contribution in [3.63, 3.8) is 0 Å². The minimum atomic E-state index is -0.483. The molecule has 4 N–H and O–H groups in total. The molecular weight excluding hydrogens is 427 g/mol. The zero-order valence-electron chi connectivity index (χ0n) is 18.6. The zero-order chi connectivity index (χ0) is 23.4. The number of nitrogens with one attached hydrogen (secondary N) is 2. The number of ether oxygens (including phenoxy) is 1. The molecule has 0 aliphatic carbocycles. The summed E-state index contributed by atoms with van der Waals surface area (Å²) in [5.74, 6) is -0.0375. The summed E-state index contributed by atoms with van der Waals surface area (Å²) in [5, 5.41) is 5.98. The third kappa shape index (κ3) is 5.57. The monoisotopic (exact) mass is 456 g/mol. The van der Waals surface area contributed by atoms with Crippen LogP contribution in [0.4, 0.5) is 27.5 Å². The minimum Gasteiger partial charge on any atom is -0.466 e. The highest BCUT2D eigenvalue weighted by molar-refractivity contribution is 5.94. The molecular formula is C23H29FN6O3. The van der Waals surface area contributed by atoms with E-state index >= 15 is 0 Å². The number of fused-ring (bicyclic) bond motifs is 1. The van der Waals surface area contributed by atoms with Crippen molar-refractivity contribution in [1.82, 2.24) is 9.97 Å². The molecule has 0 spiro atoms. The molecule has 1 amide bonds. The van der Waals surface area contributed by atoms with Crippen LogP contribution in [0, 0.1) is 11.7 Å². The van der Waals surface area contributed by atoms with Gasteiger partial charge >= 0.3 is 5.97 Å². The van der Waals surface area contributed by atoms with E-state index in [0.717, 1.165) is 29.8 Å². The molecule has 176 valence electrons. The first kappa shape index (κ1) is 22.9. The molecule has 0 radical (unpaired) electrons. The van der Waals surface area contributed by atoms with Gasteiger partial charge in [0.1, 0.15) is 0 Å². The lowest BCUT2D eigenvalue weighted by molar-refractivity contribution is -0.143. The third-order valence-electron chi connectivity index (χ3n) is 6.13. The average Bonchev–Trinajstić information content (AvgIpc) is 2.80. The van der Waals surface area contributed by atoms with Crippen LogP contribution in [-0.4, -0.2) is 47.6 Å². The highest BCUT2D eigenvalue weighted by Gasteiger charge is 2.28. The number of aromatic nitrogens is 2. The molecule has 1 fully saturated rings. The number of aryl methyl sites for hydroxylation is 1. The van der Waals surface area contributed by atoms with E-state index in [0.29, 0.717) is 38.5 Å². The van der Waals surface area contributed by atoms with Crippen molar-refractivity contribution in [2.24, 2.45) is 11.7 Å². The summed E-state index contributed by atoms with van der Waals surface area (Å²) in [4.78, 5) is 33.6. The fourth-order valence-electron chi connectivity index (χ4n) is 4.35. The normalized spacial score (nSPS) is 17.2. The molecule has 3 heterocycles. The second kappa shape index (κ2) is 10.1. The van der Waals surface area contributed by atoms with E-state index in [1.165, 1.54) is 6.20 Å². The van der Waals surface area contributed by atoms with Gasteiger partial charge in [-0.3, -0.25) is 9.59 Å². The summed E-state index contributed by atoms with van der Waals surface area (Å²) < 4.78 is 19.5. The number of benzene rings is 1. The number of halogens is 1. The van der Waals surface area contributed by atoms with Gasteiger partial charge in [0.25, 0.3) is 0 Å². The number of hydrogen-bond donors (Lipinski definition) is 3. The van der Waals surface area contributed by atoms with Crippen LogP contribution in [0.15, 0.2) is 24.4 Å².